The summed E-state index contributed by atoms with van der Waals surface area (Å²) in [5, 5.41) is 10.0. The molecule has 0 N–H and O–H groups in total. The molecule has 0 saturated heterocycles. The van der Waals surface area contributed by atoms with Gasteiger partial charge in [0.25, 0.3) is 0 Å². The van der Waals surface area contributed by atoms with E-state index in [4.69, 9.17) is 0 Å². The summed E-state index contributed by atoms with van der Waals surface area (Å²) in [5.74, 6) is 0. The van der Waals surface area contributed by atoms with Gasteiger partial charge in [0, 0.05) is 6.08 Å². The van der Waals surface area contributed by atoms with Crippen molar-refractivity contribution in [3.05, 3.63) is 51.7 Å². The topological polar surface area (TPSA) is 43.1 Å². The lowest BCUT2D eigenvalue weighted by molar-refractivity contribution is -0.400. The van der Waals surface area contributed by atoms with E-state index < -0.39 is 4.92 Å². The van der Waals surface area contributed by atoms with Gasteiger partial charge in [-0.3, -0.25) is 10.1 Å². The second kappa shape index (κ2) is 4.40. The molecule has 0 saturated carbocycles. The highest BCUT2D eigenvalue weighted by Crippen LogP contribution is 2.06. The van der Waals surface area contributed by atoms with Gasteiger partial charge in [-0.25, -0.2) is 0 Å². The molecule has 0 aliphatic rings. The molecule has 0 spiro atoms. The largest absolute Gasteiger partial charge is 0.259 e. The Labute approximate surface area is 76.9 Å². The molecule has 68 valence electrons. The highest BCUT2D eigenvalue weighted by molar-refractivity contribution is 5.48. The molecular weight excluding hydrogens is 166 g/mol. The predicted octanol–water partition coefficient (Wildman–Crippen LogP) is 2.50. The van der Waals surface area contributed by atoms with Crippen LogP contribution in [0.5, 0.6) is 0 Å². The number of aryl methyl sites for hydroxylation is 1. The van der Waals surface area contributed by atoms with Gasteiger partial charge >= 0.3 is 0 Å². The Morgan fingerprint density at radius 2 is 2.00 bits per heavy atom. The molecule has 1 rings (SSSR count). The maximum Gasteiger partial charge on any atom is 0.235 e. The molecule has 3 nitrogen and oxygen atoms in total. The molecule has 0 unspecified atom stereocenters. The van der Waals surface area contributed by atoms with Crippen molar-refractivity contribution in [2.45, 2.75) is 13.3 Å². The fourth-order valence-corrected chi connectivity index (χ4v) is 1.01. The zero-order valence-electron chi connectivity index (χ0n) is 7.43. The number of rotatable bonds is 3. The lowest BCUT2D eigenvalue weighted by Gasteiger charge is -1.95. The van der Waals surface area contributed by atoms with Crippen molar-refractivity contribution in [1.29, 1.82) is 0 Å². The average molecular weight is 177 g/mol. The monoisotopic (exact) mass is 177 g/mol. The van der Waals surface area contributed by atoms with Crippen LogP contribution in [0.15, 0.2) is 30.5 Å². The minimum atomic E-state index is -0.465. The molecule has 0 aliphatic carbocycles. The van der Waals surface area contributed by atoms with Crippen molar-refractivity contribution in [3.63, 3.8) is 0 Å². The molecule has 0 fully saturated rings. The smallest absolute Gasteiger partial charge is 0.235 e. The SMILES string of the molecule is CCc1ccc(C=C[N+](=O)[O-])cc1. The third kappa shape index (κ3) is 3.07. The van der Waals surface area contributed by atoms with Gasteiger partial charge in [0.1, 0.15) is 0 Å². The van der Waals surface area contributed by atoms with E-state index >= 15 is 0 Å². The maximum atomic E-state index is 10.0. The molecule has 3 heteroatoms. The number of hydrogen-bond donors (Lipinski definition) is 0. The first-order chi connectivity index (χ1) is 6.22. The Bertz CT molecular complexity index is 314. The second-order valence-electron chi connectivity index (χ2n) is 2.70. The van der Waals surface area contributed by atoms with Crippen molar-refractivity contribution >= 4 is 6.08 Å². The highest BCUT2D eigenvalue weighted by Gasteiger charge is 1.91. The molecule has 0 radical (unpaired) electrons. The normalized spacial score (nSPS) is 10.5. The summed E-state index contributed by atoms with van der Waals surface area (Å²) in [7, 11) is 0. The number of nitro groups is 1. The zero-order valence-corrected chi connectivity index (χ0v) is 7.43. The first-order valence-electron chi connectivity index (χ1n) is 4.13. The van der Waals surface area contributed by atoms with Gasteiger partial charge < -0.3 is 0 Å². The lowest BCUT2D eigenvalue weighted by Crippen LogP contribution is -1.83. The van der Waals surface area contributed by atoms with Crippen LogP contribution in [-0.4, -0.2) is 4.92 Å². The molecule has 0 bridgehead atoms. The van der Waals surface area contributed by atoms with E-state index in [-0.39, 0.29) is 0 Å². The van der Waals surface area contributed by atoms with Crippen LogP contribution in [0.3, 0.4) is 0 Å². The zero-order chi connectivity index (χ0) is 9.68. The molecule has 0 amide bonds. The summed E-state index contributed by atoms with van der Waals surface area (Å²) < 4.78 is 0. The quantitative estimate of drug-likeness (QED) is 0.525. The third-order valence-corrected chi connectivity index (χ3v) is 1.78. The van der Waals surface area contributed by atoms with Gasteiger partial charge in [-0.05, 0) is 17.5 Å². The van der Waals surface area contributed by atoms with Crippen LogP contribution < -0.4 is 0 Å². The summed E-state index contributed by atoms with van der Waals surface area (Å²) in [6.45, 7) is 2.07. The molecule has 0 aliphatic heterocycles. The Morgan fingerprint density at radius 1 is 1.38 bits per heavy atom. The van der Waals surface area contributed by atoms with Crippen LogP contribution in [0.1, 0.15) is 18.1 Å². The van der Waals surface area contributed by atoms with Crippen LogP contribution in [-0.2, 0) is 6.42 Å². The van der Waals surface area contributed by atoms with Gasteiger partial charge in [-0.2, -0.15) is 0 Å². The van der Waals surface area contributed by atoms with Crippen molar-refractivity contribution < 1.29 is 4.92 Å². The Balaban J connectivity index is 2.75. The maximum absolute atomic E-state index is 10.0. The summed E-state index contributed by atoms with van der Waals surface area (Å²) in [4.78, 5) is 9.55. The van der Waals surface area contributed by atoms with Crippen molar-refractivity contribution in [2.24, 2.45) is 0 Å². The number of hydrogen-bond acceptors (Lipinski definition) is 2. The molecule has 0 aromatic heterocycles. The molecule has 0 atom stereocenters. The van der Waals surface area contributed by atoms with Crippen LogP contribution in [0.4, 0.5) is 0 Å². The third-order valence-electron chi connectivity index (χ3n) is 1.78. The van der Waals surface area contributed by atoms with Gasteiger partial charge in [-0.1, -0.05) is 31.2 Å². The average Bonchev–Trinajstić information content (AvgIpc) is 2.15. The lowest BCUT2D eigenvalue weighted by atomic mass is 10.1. The van der Waals surface area contributed by atoms with E-state index in [1.54, 1.807) is 0 Å². The fraction of sp³-hybridized carbons (Fsp3) is 0.200. The van der Waals surface area contributed by atoms with Crippen LogP contribution in [0.2, 0.25) is 0 Å². The van der Waals surface area contributed by atoms with Crippen molar-refractivity contribution in [1.82, 2.24) is 0 Å². The molecule has 13 heavy (non-hydrogen) atoms. The Morgan fingerprint density at radius 3 is 2.46 bits per heavy atom. The first-order valence-corrected chi connectivity index (χ1v) is 4.13. The Kier molecular flexibility index (Phi) is 3.20. The number of nitrogens with zero attached hydrogens (tertiary/aromatic N) is 1. The highest BCUT2D eigenvalue weighted by atomic mass is 16.6. The predicted molar refractivity (Wildman–Crippen MR) is 51.8 cm³/mol. The molecule has 1 aromatic carbocycles. The Hall–Kier alpha value is -1.64. The van der Waals surface area contributed by atoms with E-state index in [1.165, 1.54) is 11.6 Å². The summed E-state index contributed by atoms with van der Waals surface area (Å²) >= 11 is 0. The minimum absolute atomic E-state index is 0.465. The van der Waals surface area contributed by atoms with Crippen LogP contribution in [0, 0.1) is 10.1 Å². The van der Waals surface area contributed by atoms with Crippen molar-refractivity contribution in [3.8, 4) is 0 Å². The fourth-order valence-electron chi connectivity index (χ4n) is 1.01. The number of benzene rings is 1. The molecule has 0 heterocycles. The van der Waals surface area contributed by atoms with E-state index in [0.717, 1.165) is 18.2 Å². The minimum Gasteiger partial charge on any atom is -0.259 e. The summed E-state index contributed by atoms with van der Waals surface area (Å²) in [6, 6.07) is 7.69. The van der Waals surface area contributed by atoms with Crippen molar-refractivity contribution in [2.75, 3.05) is 0 Å². The van der Waals surface area contributed by atoms with E-state index in [1.807, 2.05) is 24.3 Å². The standard InChI is InChI=1S/C10H11NO2/c1-2-9-3-5-10(6-4-9)7-8-11(12)13/h3-8H,2H2,1H3. The first kappa shape index (κ1) is 9.45. The summed E-state index contributed by atoms with van der Waals surface area (Å²) in [5.41, 5.74) is 2.09. The van der Waals surface area contributed by atoms with Gasteiger partial charge in [0.05, 0.1) is 4.92 Å². The van der Waals surface area contributed by atoms with E-state index in [0.29, 0.717) is 0 Å². The second-order valence-corrected chi connectivity index (χ2v) is 2.70. The molecular formula is C10H11NO2. The van der Waals surface area contributed by atoms with Gasteiger partial charge in [0.15, 0.2) is 0 Å². The van der Waals surface area contributed by atoms with E-state index in [9.17, 15) is 10.1 Å². The van der Waals surface area contributed by atoms with Crippen LogP contribution in [0.25, 0.3) is 6.08 Å². The van der Waals surface area contributed by atoms with E-state index in [2.05, 4.69) is 6.92 Å². The van der Waals surface area contributed by atoms with Gasteiger partial charge in [0.2, 0.25) is 6.20 Å². The van der Waals surface area contributed by atoms with Gasteiger partial charge in [-0.15, -0.1) is 0 Å². The summed E-state index contributed by atoms with van der Waals surface area (Å²) in [6.07, 6.45) is 3.42. The molecule has 1 aromatic rings. The van der Waals surface area contributed by atoms with Crippen LogP contribution >= 0.6 is 0 Å².